The number of nitrogens with zero attached hydrogens (tertiary/aromatic N) is 1. The van der Waals surface area contributed by atoms with Gasteiger partial charge in [-0.2, -0.15) is 0 Å². The Morgan fingerprint density at radius 1 is 1.29 bits per heavy atom. The average molecular weight is 295 g/mol. The van der Waals surface area contributed by atoms with E-state index in [9.17, 15) is 4.39 Å². The fourth-order valence-electron chi connectivity index (χ4n) is 1.55. The van der Waals surface area contributed by atoms with Gasteiger partial charge in [-0.25, -0.2) is 4.39 Å². The van der Waals surface area contributed by atoms with Gasteiger partial charge in [0.2, 0.25) is 0 Å². The molecule has 2 rings (SSSR count). The number of para-hydroxylation sites is 1. The first kappa shape index (κ1) is 12.0. The molecule has 0 fully saturated rings. The summed E-state index contributed by atoms with van der Waals surface area (Å²) in [5.74, 6) is -0.234. The van der Waals surface area contributed by atoms with Crippen molar-refractivity contribution in [1.29, 1.82) is 0 Å². The van der Waals surface area contributed by atoms with Crippen LogP contribution in [-0.2, 0) is 6.54 Å². The normalized spacial score (nSPS) is 10.3. The lowest BCUT2D eigenvalue weighted by Crippen LogP contribution is -2.04. The molecule has 88 valence electrons. The molecule has 2 nitrogen and oxygen atoms in total. The molecule has 0 aliphatic rings. The zero-order valence-corrected chi connectivity index (χ0v) is 11.0. The molecule has 1 N–H and O–H groups in total. The van der Waals surface area contributed by atoms with Crippen molar-refractivity contribution in [3.8, 4) is 0 Å². The van der Waals surface area contributed by atoms with Crippen molar-refractivity contribution in [3.05, 3.63) is 58.1 Å². The predicted octanol–water partition coefficient (Wildman–Crippen LogP) is 3.90. The number of anilines is 1. The summed E-state index contributed by atoms with van der Waals surface area (Å²) in [5.41, 5.74) is 2.30. The Morgan fingerprint density at radius 3 is 2.76 bits per heavy atom. The summed E-state index contributed by atoms with van der Waals surface area (Å²) >= 11 is 3.32. The summed E-state index contributed by atoms with van der Waals surface area (Å²) in [5, 5.41) is 3.06. The third-order valence-electron chi connectivity index (χ3n) is 2.46. The Balaban J connectivity index is 2.10. The summed E-state index contributed by atoms with van der Waals surface area (Å²) in [6, 6.07) is 8.84. The molecular formula is C13H12BrFN2. The quantitative estimate of drug-likeness (QED) is 0.928. The highest BCUT2D eigenvalue weighted by Gasteiger charge is 2.04. The van der Waals surface area contributed by atoms with Gasteiger partial charge in [0, 0.05) is 10.7 Å². The lowest BCUT2D eigenvalue weighted by molar-refractivity contribution is 0.629. The second-order valence-corrected chi connectivity index (χ2v) is 4.67. The van der Waals surface area contributed by atoms with Crippen LogP contribution in [0.1, 0.15) is 11.3 Å². The van der Waals surface area contributed by atoms with Gasteiger partial charge in [0.15, 0.2) is 0 Å². The Labute approximate surface area is 108 Å². The van der Waals surface area contributed by atoms with Crippen molar-refractivity contribution in [2.24, 2.45) is 0 Å². The second-order valence-electron chi connectivity index (χ2n) is 3.75. The van der Waals surface area contributed by atoms with Crippen LogP contribution in [0, 0.1) is 12.7 Å². The Kier molecular flexibility index (Phi) is 3.74. The van der Waals surface area contributed by atoms with Gasteiger partial charge in [-0.05, 0) is 46.6 Å². The molecule has 0 aliphatic carbocycles. The van der Waals surface area contributed by atoms with E-state index in [2.05, 4.69) is 26.2 Å². The van der Waals surface area contributed by atoms with Crippen LogP contribution >= 0.6 is 15.9 Å². The molecule has 0 atom stereocenters. The second kappa shape index (κ2) is 5.27. The fraction of sp³-hybridized carbons (Fsp3) is 0.154. The highest BCUT2D eigenvalue weighted by molar-refractivity contribution is 9.10. The van der Waals surface area contributed by atoms with E-state index < -0.39 is 0 Å². The number of rotatable bonds is 3. The molecule has 0 bridgehead atoms. The number of aromatic nitrogens is 1. The third-order valence-corrected chi connectivity index (χ3v) is 2.93. The largest absolute Gasteiger partial charge is 0.377 e. The van der Waals surface area contributed by atoms with E-state index in [1.807, 2.05) is 25.1 Å². The van der Waals surface area contributed by atoms with E-state index in [1.165, 1.54) is 6.07 Å². The highest BCUT2D eigenvalue weighted by atomic mass is 79.9. The van der Waals surface area contributed by atoms with Crippen LogP contribution in [0.5, 0.6) is 0 Å². The van der Waals surface area contributed by atoms with Crippen LogP contribution in [0.25, 0.3) is 0 Å². The van der Waals surface area contributed by atoms with Gasteiger partial charge >= 0.3 is 0 Å². The molecule has 0 aliphatic heterocycles. The van der Waals surface area contributed by atoms with Crippen LogP contribution in [0.4, 0.5) is 10.1 Å². The number of pyridine rings is 1. The minimum absolute atomic E-state index is 0.234. The number of benzene rings is 1. The van der Waals surface area contributed by atoms with Crippen LogP contribution in [-0.4, -0.2) is 4.98 Å². The van der Waals surface area contributed by atoms with Crippen molar-refractivity contribution in [1.82, 2.24) is 4.98 Å². The van der Waals surface area contributed by atoms with Gasteiger partial charge in [0.1, 0.15) is 5.82 Å². The molecule has 1 aromatic carbocycles. The van der Waals surface area contributed by atoms with Gasteiger partial charge in [0.05, 0.1) is 17.9 Å². The van der Waals surface area contributed by atoms with Crippen LogP contribution < -0.4 is 5.32 Å². The predicted molar refractivity (Wildman–Crippen MR) is 70.4 cm³/mol. The molecule has 0 radical (unpaired) electrons. The van der Waals surface area contributed by atoms with E-state index >= 15 is 0 Å². The van der Waals surface area contributed by atoms with Crippen molar-refractivity contribution < 1.29 is 4.39 Å². The number of hydrogen-bond donors (Lipinski definition) is 1. The molecule has 0 saturated heterocycles. The van der Waals surface area contributed by atoms with Gasteiger partial charge in [-0.1, -0.05) is 12.1 Å². The molecule has 1 heterocycles. The van der Waals surface area contributed by atoms with Gasteiger partial charge in [-0.3, -0.25) is 4.98 Å². The lowest BCUT2D eigenvalue weighted by atomic mass is 10.2. The van der Waals surface area contributed by atoms with Crippen LogP contribution in [0.2, 0.25) is 0 Å². The number of aryl methyl sites for hydroxylation is 1. The van der Waals surface area contributed by atoms with E-state index in [0.717, 1.165) is 15.7 Å². The SMILES string of the molecule is Cc1cccc(F)c1NCc1ccc(Br)cn1. The molecule has 0 spiro atoms. The third kappa shape index (κ3) is 3.03. The van der Waals surface area contributed by atoms with E-state index in [-0.39, 0.29) is 5.82 Å². The molecule has 1 aromatic heterocycles. The fourth-order valence-corrected chi connectivity index (χ4v) is 1.78. The van der Waals surface area contributed by atoms with E-state index in [4.69, 9.17) is 0 Å². The summed E-state index contributed by atoms with van der Waals surface area (Å²) in [6.07, 6.45) is 1.73. The summed E-state index contributed by atoms with van der Waals surface area (Å²) in [4.78, 5) is 4.22. The first-order valence-electron chi connectivity index (χ1n) is 5.26. The van der Waals surface area contributed by atoms with Gasteiger partial charge < -0.3 is 5.32 Å². The first-order chi connectivity index (χ1) is 8.16. The highest BCUT2D eigenvalue weighted by Crippen LogP contribution is 2.19. The maximum absolute atomic E-state index is 13.5. The molecule has 2 aromatic rings. The van der Waals surface area contributed by atoms with Crippen LogP contribution in [0.3, 0.4) is 0 Å². The van der Waals surface area contributed by atoms with E-state index in [1.54, 1.807) is 12.3 Å². The lowest BCUT2D eigenvalue weighted by Gasteiger charge is -2.10. The maximum Gasteiger partial charge on any atom is 0.146 e. The monoisotopic (exact) mass is 294 g/mol. The topological polar surface area (TPSA) is 24.9 Å². The smallest absolute Gasteiger partial charge is 0.146 e. The molecule has 0 saturated carbocycles. The van der Waals surface area contributed by atoms with E-state index in [0.29, 0.717) is 12.2 Å². The van der Waals surface area contributed by atoms with Crippen molar-refractivity contribution in [2.75, 3.05) is 5.32 Å². The summed E-state index contributed by atoms with van der Waals surface area (Å²) < 4.78 is 14.5. The molecule has 17 heavy (non-hydrogen) atoms. The molecule has 0 unspecified atom stereocenters. The standard InChI is InChI=1S/C13H12BrFN2/c1-9-3-2-4-12(15)13(9)17-8-11-6-5-10(14)7-16-11/h2-7,17H,8H2,1H3. The Bertz CT molecular complexity index is 491. The zero-order chi connectivity index (χ0) is 12.3. The molecule has 4 heteroatoms. The number of halogens is 2. The molecular weight excluding hydrogens is 283 g/mol. The minimum atomic E-state index is -0.234. The van der Waals surface area contributed by atoms with Crippen molar-refractivity contribution in [2.45, 2.75) is 13.5 Å². The zero-order valence-electron chi connectivity index (χ0n) is 9.37. The van der Waals surface area contributed by atoms with Crippen molar-refractivity contribution in [3.63, 3.8) is 0 Å². The summed E-state index contributed by atoms with van der Waals surface area (Å²) in [6.45, 7) is 2.38. The average Bonchev–Trinajstić information content (AvgIpc) is 2.31. The minimum Gasteiger partial charge on any atom is -0.377 e. The maximum atomic E-state index is 13.5. The Hall–Kier alpha value is -1.42. The number of nitrogens with one attached hydrogen (secondary N) is 1. The van der Waals surface area contributed by atoms with Crippen LogP contribution in [0.15, 0.2) is 41.0 Å². The summed E-state index contributed by atoms with van der Waals surface area (Å²) in [7, 11) is 0. The molecule has 0 amide bonds. The van der Waals surface area contributed by atoms with Crippen molar-refractivity contribution >= 4 is 21.6 Å². The Morgan fingerprint density at radius 2 is 2.12 bits per heavy atom. The first-order valence-corrected chi connectivity index (χ1v) is 6.05. The van der Waals surface area contributed by atoms with Gasteiger partial charge in [0.25, 0.3) is 0 Å². The number of hydrogen-bond acceptors (Lipinski definition) is 2. The van der Waals surface area contributed by atoms with Gasteiger partial charge in [-0.15, -0.1) is 0 Å².